The molecule has 0 aliphatic heterocycles. The smallest absolute Gasteiger partial charge is 0.241 e. The lowest BCUT2D eigenvalue weighted by molar-refractivity contribution is 0.151. The maximum absolute atomic E-state index is 12.4. The summed E-state index contributed by atoms with van der Waals surface area (Å²) in [6, 6.07) is 0. The summed E-state index contributed by atoms with van der Waals surface area (Å²) in [5.74, 6) is 0. The van der Waals surface area contributed by atoms with E-state index in [9.17, 15) is 17.2 Å². The fourth-order valence-corrected chi connectivity index (χ4v) is 2.62. The molecule has 1 rings (SSSR count). The Morgan fingerprint density at radius 1 is 1.33 bits per heavy atom. The molecule has 0 aliphatic rings. The minimum absolute atomic E-state index is 0.418. The maximum Gasteiger partial charge on any atom is 0.280 e. The molecule has 0 amide bonds. The van der Waals surface area contributed by atoms with Gasteiger partial charge in [0.25, 0.3) is 15.5 Å². The van der Waals surface area contributed by atoms with Crippen LogP contribution in [-0.4, -0.2) is 13.4 Å². The predicted molar refractivity (Wildman–Crippen MR) is 52.3 cm³/mol. The highest BCUT2D eigenvalue weighted by molar-refractivity contribution is 8.13. The SMILES string of the molecule is O=S(=O)(Cl)c1ncc(Cl)c(C(F)F)c1Cl. The number of rotatable bonds is 2. The second-order valence-electron chi connectivity index (χ2n) is 2.38. The molecule has 1 heterocycles. The molecule has 0 atom stereocenters. The molecule has 9 heteroatoms. The van der Waals surface area contributed by atoms with Gasteiger partial charge in [-0.05, 0) is 0 Å². The molecule has 0 saturated heterocycles. The van der Waals surface area contributed by atoms with Crippen LogP contribution in [0.3, 0.4) is 0 Å². The van der Waals surface area contributed by atoms with Gasteiger partial charge in [-0.1, -0.05) is 23.2 Å². The van der Waals surface area contributed by atoms with Crippen molar-refractivity contribution in [3.05, 3.63) is 21.8 Å². The van der Waals surface area contributed by atoms with Gasteiger partial charge < -0.3 is 0 Å². The number of halogens is 5. The fraction of sp³-hybridized carbons (Fsp3) is 0.167. The van der Waals surface area contributed by atoms with Crippen molar-refractivity contribution in [1.82, 2.24) is 4.98 Å². The van der Waals surface area contributed by atoms with Crippen LogP contribution < -0.4 is 0 Å². The molecule has 0 fully saturated rings. The lowest BCUT2D eigenvalue weighted by Gasteiger charge is -2.07. The summed E-state index contributed by atoms with van der Waals surface area (Å²) >= 11 is 10.8. The highest BCUT2D eigenvalue weighted by Crippen LogP contribution is 2.36. The average Bonchev–Trinajstić information content (AvgIpc) is 2.00. The van der Waals surface area contributed by atoms with E-state index in [1.165, 1.54) is 0 Å². The number of hydrogen-bond donors (Lipinski definition) is 0. The number of nitrogens with zero attached hydrogens (tertiary/aromatic N) is 1. The molecule has 0 spiro atoms. The number of pyridine rings is 1. The lowest BCUT2D eigenvalue weighted by atomic mass is 10.3. The molecule has 0 bridgehead atoms. The first-order chi connectivity index (χ1) is 6.75. The number of hydrogen-bond acceptors (Lipinski definition) is 3. The van der Waals surface area contributed by atoms with Crippen molar-refractivity contribution < 1.29 is 17.2 Å². The van der Waals surface area contributed by atoms with Crippen LogP contribution in [-0.2, 0) is 9.05 Å². The summed E-state index contributed by atoms with van der Waals surface area (Å²) in [4.78, 5) is 3.28. The van der Waals surface area contributed by atoms with E-state index < -0.39 is 36.1 Å². The van der Waals surface area contributed by atoms with Gasteiger partial charge in [0, 0.05) is 16.9 Å². The van der Waals surface area contributed by atoms with Crippen molar-refractivity contribution in [2.75, 3.05) is 0 Å². The van der Waals surface area contributed by atoms with Crippen LogP contribution in [0.5, 0.6) is 0 Å². The quantitative estimate of drug-likeness (QED) is 0.787. The highest BCUT2D eigenvalue weighted by atomic mass is 35.7. The first kappa shape index (κ1) is 12.9. The van der Waals surface area contributed by atoms with Crippen LogP contribution in [0.1, 0.15) is 12.0 Å². The first-order valence-corrected chi connectivity index (χ1v) is 6.38. The molecule has 15 heavy (non-hydrogen) atoms. The summed E-state index contributed by atoms with van der Waals surface area (Å²) in [5.41, 5.74) is -0.799. The Labute approximate surface area is 98.4 Å². The van der Waals surface area contributed by atoms with Crippen molar-refractivity contribution in [3.8, 4) is 0 Å². The van der Waals surface area contributed by atoms with Crippen molar-refractivity contribution >= 4 is 42.9 Å². The predicted octanol–water partition coefficient (Wildman–Crippen LogP) is 3.25. The molecule has 84 valence electrons. The Morgan fingerprint density at radius 2 is 1.87 bits per heavy atom. The standard InChI is InChI=1S/C6H2Cl3F2NO2S/c7-2-1-12-6(15(9,13)14)4(8)3(2)5(10)11/h1,5H. The first-order valence-electron chi connectivity index (χ1n) is 3.32. The Kier molecular flexibility index (Phi) is 3.76. The van der Waals surface area contributed by atoms with E-state index >= 15 is 0 Å². The van der Waals surface area contributed by atoms with Crippen molar-refractivity contribution in [3.63, 3.8) is 0 Å². The Hall–Kier alpha value is -0.170. The van der Waals surface area contributed by atoms with Crippen LogP contribution in [0.2, 0.25) is 10.0 Å². The van der Waals surface area contributed by atoms with Gasteiger partial charge in [-0.15, -0.1) is 0 Å². The maximum atomic E-state index is 12.4. The van der Waals surface area contributed by atoms with Crippen molar-refractivity contribution in [2.24, 2.45) is 0 Å². The van der Waals surface area contributed by atoms with E-state index in [-0.39, 0.29) is 0 Å². The molecule has 0 radical (unpaired) electrons. The van der Waals surface area contributed by atoms with Crippen LogP contribution >= 0.6 is 33.9 Å². The molecule has 0 saturated carbocycles. The summed E-state index contributed by atoms with van der Waals surface area (Å²) < 4.78 is 46.6. The van der Waals surface area contributed by atoms with Gasteiger partial charge in [-0.2, -0.15) is 0 Å². The Balaban J connectivity index is 3.56. The summed E-state index contributed by atoms with van der Waals surface area (Å²) in [5, 5.41) is -2.00. The van der Waals surface area contributed by atoms with E-state index in [1.807, 2.05) is 0 Å². The Morgan fingerprint density at radius 3 is 2.27 bits per heavy atom. The van der Waals surface area contributed by atoms with Gasteiger partial charge in [0.2, 0.25) is 0 Å². The largest absolute Gasteiger partial charge is 0.280 e. The molecule has 0 N–H and O–H groups in total. The lowest BCUT2D eigenvalue weighted by Crippen LogP contribution is -2.00. The van der Waals surface area contributed by atoms with Gasteiger partial charge in [0.1, 0.15) is 0 Å². The van der Waals surface area contributed by atoms with E-state index in [0.717, 1.165) is 6.20 Å². The molecule has 3 nitrogen and oxygen atoms in total. The van der Waals surface area contributed by atoms with Crippen molar-refractivity contribution in [1.29, 1.82) is 0 Å². The topological polar surface area (TPSA) is 47.0 Å². The zero-order valence-electron chi connectivity index (χ0n) is 6.72. The third kappa shape index (κ3) is 2.69. The van der Waals surface area contributed by atoms with Crippen LogP contribution in [0.15, 0.2) is 11.2 Å². The second-order valence-corrected chi connectivity index (χ2v) is 5.64. The summed E-state index contributed by atoms with van der Waals surface area (Å²) in [7, 11) is 0.661. The third-order valence-corrected chi connectivity index (χ3v) is 3.43. The van der Waals surface area contributed by atoms with Gasteiger partial charge in [0.05, 0.1) is 15.6 Å². The van der Waals surface area contributed by atoms with E-state index in [1.54, 1.807) is 0 Å². The third-order valence-electron chi connectivity index (χ3n) is 1.43. The number of alkyl halides is 2. The normalized spacial score (nSPS) is 12.1. The van der Waals surface area contributed by atoms with Crippen LogP contribution in [0.25, 0.3) is 0 Å². The number of aromatic nitrogens is 1. The zero-order chi connectivity index (χ0) is 11.8. The highest BCUT2D eigenvalue weighted by Gasteiger charge is 2.25. The minimum atomic E-state index is -4.27. The van der Waals surface area contributed by atoms with Gasteiger partial charge >= 0.3 is 0 Å². The zero-order valence-corrected chi connectivity index (χ0v) is 9.80. The van der Waals surface area contributed by atoms with Gasteiger partial charge in [-0.25, -0.2) is 22.2 Å². The molecule has 1 aromatic heterocycles. The monoisotopic (exact) mass is 295 g/mol. The molecule has 0 aromatic carbocycles. The molecule has 1 aromatic rings. The molecular weight excluding hydrogens is 294 g/mol. The van der Waals surface area contributed by atoms with E-state index in [4.69, 9.17) is 33.9 Å². The summed E-state index contributed by atoms with van der Waals surface area (Å²) in [6.07, 6.45) is -2.25. The van der Waals surface area contributed by atoms with Crippen molar-refractivity contribution in [2.45, 2.75) is 11.5 Å². The van der Waals surface area contributed by atoms with E-state index in [2.05, 4.69) is 4.98 Å². The molecule has 0 aliphatic carbocycles. The van der Waals surface area contributed by atoms with Crippen LogP contribution in [0, 0.1) is 0 Å². The minimum Gasteiger partial charge on any atom is -0.241 e. The summed E-state index contributed by atoms with van der Waals surface area (Å²) in [6.45, 7) is 0. The van der Waals surface area contributed by atoms with Gasteiger partial charge in [0.15, 0.2) is 5.03 Å². The molecule has 0 unspecified atom stereocenters. The van der Waals surface area contributed by atoms with E-state index in [0.29, 0.717) is 0 Å². The second kappa shape index (κ2) is 4.37. The van der Waals surface area contributed by atoms with Crippen LogP contribution in [0.4, 0.5) is 8.78 Å². The fourth-order valence-electron chi connectivity index (χ4n) is 0.832. The Bertz CT molecular complexity index is 491. The van der Waals surface area contributed by atoms with Gasteiger partial charge in [-0.3, -0.25) is 0 Å². The molecular formula is C6H2Cl3F2NO2S. The average molecular weight is 297 g/mol.